The topological polar surface area (TPSA) is 131 Å². The van der Waals surface area contributed by atoms with Gasteiger partial charge in [0.15, 0.2) is 11.6 Å². The standard InChI is InChI=1S/C36H46ClN5O6S/c1-21-6-4-8-29(46-2)25-11-9-23(25)18-42-19-36(15-5-7-22-16-24(37)10-12-26(22)36)20-48-30-14-13-27(38-32(30)42)33(43)41-49(45)34(21)40-35(44)39-28-17-31(28)47-3/h4,8,10,12-14,16,21,23,25,28-29,31,34,49H,5-7,9,11,15,17-20H2,1-3H3,(H2,39,40,44)/b8-4+/t21-,23-,25+,28-,29-,31-,34?,36-/m0/s1. The van der Waals surface area contributed by atoms with Crippen LogP contribution >= 0.6 is 11.6 Å². The number of fused-ring (bicyclic) bond motifs is 4. The monoisotopic (exact) mass is 711 g/mol. The average Bonchev–Trinajstić information content (AvgIpc) is 3.85. The Morgan fingerprint density at radius 1 is 1.16 bits per heavy atom. The molecule has 9 atom stereocenters. The third-order valence-electron chi connectivity index (χ3n) is 11.2. The molecule has 7 rings (SSSR count). The van der Waals surface area contributed by atoms with Crippen LogP contribution in [0, 0.1) is 17.8 Å². The normalized spacial score (nSPS) is 34.9. The lowest BCUT2D eigenvalue weighted by Gasteiger charge is -2.45. The number of nitrogens with zero attached hydrogens (tertiary/aromatic N) is 3. The molecule has 0 saturated heterocycles. The number of aryl methyl sites for hydroxylation is 1. The van der Waals surface area contributed by atoms with E-state index in [1.165, 1.54) is 11.1 Å². The molecule has 1 spiro atoms. The van der Waals surface area contributed by atoms with Crippen molar-refractivity contribution >= 4 is 40.0 Å². The fourth-order valence-electron chi connectivity index (χ4n) is 8.14. The van der Waals surface area contributed by atoms with E-state index >= 15 is 0 Å². The molecule has 3 aliphatic carbocycles. The number of ether oxygens (including phenoxy) is 3. The van der Waals surface area contributed by atoms with Crippen LogP contribution < -0.4 is 20.3 Å². The maximum absolute atomic E-state index is 13.8. The number of urea groups is 1. The second-order valence-electron chi connectivity index (χ2n) is 14.4. The number of carbonyl (C=O) groups is 2. The Morgan fingerprint density at radius 3 is 2.78 bits per heavy atom. The molecule has 5 aliphatic rings. The molecule has 3 heterocycles. The fraction of sp³-hybridized carbons (Fsp3) is 0.583. The van der Waals surface area contributed by atoms with Crippen molar-refractivity contribution in [1.82, 2.24) is 15.6 Å². The minimum absolute atomic E-state index is 0.0338. The van der Waals surface area contributed by atoms with Gasteiger partial charge in [-0.2, -0.15) is 4.36 Å². The van der Waals surface area contributed by atoms with Gasteiger partial charge in [-0.3, -0.25) is 9.00 Å². The van der Waals surface area contributed by atoms with Gasteiger partial charge in [-0.15, -0.1) is 0 Å². The number of benzene rings is 1. The van der Waals surface area contributed by atoms with Gasteiger partial charge < -0.3 is 29.7 Å². The molecular formula is C36H46ClN5O6S. The molecule has 2 aromatic rings. The molecule has 2 aliphatic heterocycles. The van der Waals surface area contributed by atoms with Crippen molar-refractivity contribution in [2.24, 2.45) is 22.1 Å². The van der Waals surface area contributed by atoms with E-state index in [0.717, 1.165) is 50.1 Å². The zero-order chi connectivity index (χ0) is 34.3. The second-order valence-corrected chi connectivity index (χ2v) is 16.2. The van der Waals surface area contributed by atoms with Crippen LogP contribution in [0.5, 0.6) is 5.75 Å². The number of hydrogen-bond acceptors (Lipinski definition) is 8. The minimum atomic E-state index is -2.54. The van der Waals surface area contributed by atoms with Gasteiger partial charge in [-0.25, -0.2) is 9.78 Å². The average molecular weight is 712 g/mol. The van der Waals surface area contributed by atoms with E-state index in [1.807, 2.05) is 19.1 Å². The molecule has 2 saturated carbocycles. The Bertz CT molecular complexity index is 1720. The third-order valence-corrected chi connectivity index (χ3v) is 12.9. The number of methoxy groups -OCH3 is 2. The van der Waals surface area contributed by atoms with E-state index in [9.17, 15) is 13.8 Å². The molecule has 49 heavy (non-hydrogen) atoms. The number of pyridine rings is 1. The first-order chi connectivity index (χ1) is 23.7. The summed E-state index contributed by atoms with van der Waals surface area (Å²) in [4.78, 5) is 33.7. The van der Waals surface area contributed by atoms with Crippen molar-refractivity contribution in [2.75, 3.05) is 38.8 Å². The first kappa shape index (κ1) is 34.3. The van der Waals surface area contributed by atoms with E-state index in [1.54, 1.807) is 26.4 Å². The smallest absolute Gasteiger partial charge is 0.316 e. The zero-order valence-corrected chi connectivity index (χ0v) is 29.9. The molecule has 0 radical (unpaired) electrons. The van der Waals surface area contributed by atoms with Crippen LogP contribution in [0.2, 0.25) is 5.02 Å². The van der Waals surface area contributed by atoms with E-state index in [0.29, 0.717) is 43.0 Å². The molecular weight excluding hydrogens is 666 g/mol. The molecule has 1 aromatic carbocycles. The SMILES string of the molecule is CO[C@H]1/C=C/C[C@H](C)C(NC(=O)N[C@H]2C[C@@H]2OC)/[SH](=O)=N\C(=O)c2ccc3c(n2)N(C[C@@H]2CC[C@H]21)C[C@@]1(CCCc2cc(Cl)ccc21)CO3. The summed E-state index contributed by atoms with van der Waals surface area (Å²) in [7, 11) is 0.807. The summed E-state index contributed by atoms with van der Waals surface area (Å²) < 4.78 is 35.8. The Hall–Kier alpha value is -3.19. The number of thiol groups is 1. The van der Waals surface area contributed by atoms with Gasteiger partial charge in [0.25, 0.3) is 0 Å². The molecule has 2 unspecified atom stereocenters. The maximum atomic E-state index is 13.8. The summed E-state index contributed by atoms with van der Waals surface area (Å²) in [5.74, 6) is 0.872. The van der Waals surface area contributed by atoms with Crippen molar-refractivity contribution in [3.05, 3.63) is 64.3 Å². The zero-order valence-electron chi connectivity index (χ0n) is 28.3. The summed E-state index contributed by atoms with van der Waals surface area (Å²) in [6.07, 6.45) is 10.3. The summed E-state index contributed by atoms with van der Waals surface area (Å²) in [5.41, 5.74) is 2.31. The largest absolute Gasteiger partial charge is 0.489 e. The van der Waals surface area contributed by atoms with Gasteiger partial charge in [-0.1, -0.05) is 36.7 Å². The number of carbonyl (C=O) groups excluding carboxylic acids is 2. The summed E-state index contributed by atoms with van der Waals surface area (Å²) in [6, 6.07) is 9.00. The van der Waals surface area contributed by atoms with Crippen molar-refractivity contribution in [3.8, 4) is 5.75 Å². The van der Waals surface area contributed by atoms with Crippen molar-refractivity contribution in [1.29, 1.82) is 0 Å². The molecule has 13 heteroatoms. The molecule has 264 valence electrons. The molecule has 3 amide bonds. The Kier molecular flexibility index (Phi) is 9.93. The predicted octanol–water partition coefficient (Wildman–Crippen LogP) is 5.06. The Balaban J connectivity index is 1.25. The highest BCUT2D eigenvalue weighted by Gasteiger charge is 2.45. The van der Waals surface area contributed by atoms with E-state index < -0.39 is 27.9 Å². The first-order valence-electron chi connectivity index (χ1n) is 17.4. The number of anilines is 1. The second kappa shape index (κ2) is 14.2. The van der Waals surface area contributed by atoms with Crippen molar-refractivity contribution in [3.63, 3.8) is 0 Å². The number of aromatic nitrogens is 1. The highest BCUT2D eigenvalue weighted by Crippen LogP contribution is 2.46. The predicted molar refractivity (Wildman–Crippen MR) is 189 cm³/mol. The van der Waals surface area contributed by atoms with Crippen LogP contribution in [0.1, 0.15) is 67.1 Å². The number of halogens is 1. The third kappa shape index (κ3) is 7.07. The molecule has 1 aromatic heterocycles. The van der Waals surface area contributed by atoms with Gasteiger partial charge in [0.2, 0.25) is 0 Å². The van der Waals surface area contributed by atoms with Crippen LogP contribution in [0.4, 0.5) is 10.6 Å². The Morgan fingerprint density at radius 2 is 2.02 bits per heavy atom. The highest BCUT2D eigenvalue weighted by atomic mass is 35.5. The molecule has 2 N–H and O–H groups in total. The number of nitrogens with one attached hydrogen (secondary N) is 2. The highest BCUT2D eigenvalue weighted by molar-refractivity contribution is 7.76. The van der Waals surface area contributed by atoms with E-state index in [-0.39, 0.29) is 35.3 Å². The van der Waals surface area contributed by atoms with Gasteiger partial charge in [0, 0.05) is 37.7 Å². The van der Waals surface area contributed by atoms with Gasteiger partial charge >= 0.3 is 11.9 Å². The number of allylic oxidation sites excluding steroid dienone is 1. The number of amides is 3. The van der Waals surface area contributed by atoms with Crippen LogP contribution in [-0.4, -0.2) is 78.7 Å². The van der Waals surface area contributed by atoms with E-state index in [2.05, 4.69) is 38.1 Å². The van der Waals surface area contributed by atoms with Crippen LogP contribution in [0.25, 0.3) is 0 Å². The van der Waals surface area contributed by atoms with Gasteiger partial charge in [-0.05, 0) is 98.1 Å². The lowest BCUT2D eigenvalue weighted by atomic mass is 9.68. The lowest BCUT2D eigenvalue weighted by molar-refractivity contribution is 0.0131. The Labute approximate surface area is 294 Å². The van der Waals surface area contributed by atoms with Crippen LogP contribution in [0.15, 0.2) is 46.8 Å². The molecule has 2 fully saturated rings. The van der Waals surface area contributed by atoms with Crippen LogP contribution in [0.3, 0.4) is 0 Å². The lowest BCUT2D eigenvalue weighted by Crippen LogP contribution is -2.49. The fourth-order valence-corrected chi connectivity index (χ4v) is 9.52. The number of hydrogen-bond donors (Lipinski definition) is 3. The quantitative estimate of drug-likeness (QED) is 0.296. The molecule has 11 nitrogen and oxygen atoms in total. The summed E-state index contributed by atoms with van der Waals surface area (Å²) >= 11 is 6.43. The van der Waals surface area contributed by atoms with Crippen molar-refractivity contribution < 1.29 is 28.0 Å². The summed E-state index contributed by atoms with van der Waals surface area (Å²) in [5, 5.41) is 5.57. The van der Waals surface area contributed by atoms with Crippen molar-refractivity contribution in [2.45, 2.75) is 80.9 Å². The van der Waals surface area contributed by atoms with E-state index in [4.69, 9.17) is 30.8 Å². The first-order valence-corrected chi connectivity index (χ1v) is 19.0. The van der Waals surface area contributed by atoms with Gasteiger partial charge in [0.1, 0.15) is 11.1 Å². The summed E-state index contributed by atoms with van der Waals surface area (Å²) in [6.45, 7) is 3.79. The molecule has 2 bridgehead atoms. The minimum Gasteiger partial charge on any atom is -0.489 e. The maximum Gasteiger partial charge on any atom is 0.316 e. The van der Waals surface area contributed by atoms with Crippen LogP contribution in [-0.2, 0) is 31.9 Å². The number of rotatable bonds is 4. The van der Waals surface area contributed by atoms with Gasteiger partial charge in [0.05, 0.1) is 35.5 Å².